The number of carbonyl (C=O) groups excluding carboxylic acids is 1. The van der Waals surface area contributed by atoms with Gasteiger partial charge in [0, 0.05) is 18.7 Å². The van der Waals surface area contributed by atoms with Crippen molar-refractivity contribution in [1.82, 2.24) is 5.32 Å². The van der Waals surface area contributed by atoms with Crippen LogP contribution >= 0.6 is 12.0 Å². The molecule has 0 saturated heterocycles. The minimum absolute atomic E-state index is 0.158. The first kappa shape index (κ1) is 22.0. The van der Waals surface area contributed by atoms with Crippen LogP contribution in [0, 0.1) is 40.4 Å². The average Bonchev–Trinajstić information content (AvgIpc) is 3.04. The first-order valence-corrected chi connectivity index (χ1v) is 13.5. The van der Waals surface area contributed by atoms with Crippen LogP contribution in [0.25, 0.3) is 0 Å². The maximum atomic E-state index is 12.0. The number of hydrogen-bond donors (Lipinski definition) is 2. The third-order valence-corrected chi connectivity index (χ3v) is 10.6. The van der Waals surface area contributed by atoms with Crippen molar-refractivity contribution in [2.45, 2.75) is 97.3 Å². The van der Waals surface area contributed by atoms with Crippen LogP contribution in [0.1, 0.15) is 97.3 Å². The van der Waals surface area contributed by atoms with Gasteiger partial charge < -0.3 is 9.87 Å². The molecule has 0 aliphatic heterocycles. The van der Waals surface area contributed by atoms with Crippen LogP contribution in [-0.2, 0) is 4.79 Å². The summed E-state index contributed by atoms with van der Waals surface area (Å²) in [5.41, 5.74) is 1.18. The van der Waals surface area contributed by atoms with Gasteiger partial charge in [0.05, 0.1) is 0 Å². The van der Waals surface area contributed by atoms with Crippen LogP contribution < -0.4 is 5.32 Å². The Bertz CT molecular complexity index is 583. The number of fused-ring (bicyclic) bond motifs is 5. The summed E-state index contributed by atoms with van der Waals surface area (Å²) in [7, 11) is 0. The van der Waals surface area contributed by atoms with Gasteiger partial charge in [0.1, 0.15) is 0 Å². The summed E-state index contributed by atoms with van der Waals surface area (Å²) in [4.78, 5) is 12.0. The van der Waals surface area contributed by atoms with Crippen molar-refractivity contribution in [3.63, 3.8) is 0 Å². The fourth-order valence-corrected chi connectivity index (χ4v) is 8.91. The molecule has 4 saturated carbocycles. The Labute approximate surface area is 182 Å². The largest absolute Gasteiger partial charge is 0.355 e. The molecule has 0 bridgehead atoms. The topological polar surface area (TPSA) is 49.3 Å². The maximum Gasteiger partial charge on any atom is 0.220 e. The predicted molar refractivity (Wildman–Crippen MR) is 122 cm³/mol. The zero-order chi connectivity index (χ0) is 20.5. The van der Waals surface area contributed by atoms with Crippen molar-refractivity contribution in [3.8, 4) is 0 Å². The van der Waals surface area contributed by atoms with Gasteiger partial charge in [0.2, 0.25) is 5.91 Å². The Kier molecular flexibility index (Phi) is 6.90. The second-order valence-electron chi connectivity index (χ2n) is 11.3. The Balaban J connectivity index is 1.34. The fraction of sp³-hybridized carbons (Fsp3) is 0.960. The first-order chi connectivity index (χ1) is 14.0. The van der Waals surface area contributed by atoms with E-state index in [0.717, 1.165) is 48.1 Å². The van der Waals surface area contributed by atoms with Gasteiger partial charge in [-0.1, -0.05) is 26.7 Å². The van der Waals surface area contributed by atoms with Gasteiger partial charge in [-0.25, -0.2) is 0 Å². The minimum atomic E-state index is 0.158. The van der Waals surface area contributed by atoms with E-state index in [9.17, 15) is 4.79 Å². The number of hydrogen-bond acceptors (Lipinski definition) is 3. The van der Waals surface area contributed by atoms with Gasteiger partial charge in [-0.15, -0.1) is 0 Å². The van der Waals surface area contributed by atoms with Gasteiger partial charge in [-0.2, -0.15) is 0 Å². The lowest BCUT2D eigenvalue weighted by atomic mass is 9.45. The number of carbonyl (C=O) groups is 1. The minimum Gasteiger partial charge on any atom is -0.355 e. The smallest absolute Gasteiger partial charge is 0.220 e. The van der Waals surface area contributed by atoms with Gasteiger partial charge in [0.25, 0.3) is 0 Å². The molecule has 1 amide bonds. The lowest BCUT2D eigenvalue weighted by Crippen LogP contribution is -2.52. The molecule has 2 N–H and O–H groups in total. The molecule has 4 heteroatoms. The highest BCUT2D eigenvalue weighted by Gasteiger charge is 2.59. The molecule has 0 radical (unpaired) electrons. The van der Waals surface area contributed by atoms with E-state index in [1.807, 2.05) is 0 Å². The van der Waals surface area contributed by atoms with E-state index in [0.29, 0.717) is 29.5 Å². The van der Waals surface area contributed by atoms with Crippen molar-refractivity contribution < 1.29 is 9.35 Å². The Hall–Kier alpha value is -0.220. The zero-order valence-corrected chi connectivity index (χ0v) is 19.6. The zero-order valence-electron chi connectivity index (χ0n) is 18.8. The van der Waals surface area contributed by atoms with Crippen molar-refractivity contribution in [2.24, 2.45) is 40.4 Å². The summed E-state index contributed by atoms with van der Waals surface area (Å²) < 4.78 is 8.76. The molecule has 0 aromatic carbocycles. The second kappa shape index (κ2) is 9.10. The Morgan fingerprint density at radius 2 is 1.83 bits per heavy atom. The van der Waals surface area contributed by atoms with Crippen LogP contribution in [0.4, 0.5) is 0 Å². The summed E-state index contributed by atoms with van der Waals surface area (Å²) in [6, 6.07) is 0. The quantitative estimate of drug-likeness (QED) is 0.363. The highest BCUT2D eigenvalue weighted by molar-refractivity contribution is 7.93. The van der Waals surface area contributed by atoms with Crippen LogP contribution in [0.2, 0.25) is 0 Å². The van der Waals surface area contributed by atoms with E-state index in [1.54, 1.807) is 0 Å². The SMILES string of the molecule is CC12CCCCC1CCC1C2CCC2(C)C(CCCC(=O)NCCSO)CCC12. The molecule has 4 aliphatic carbocycles. The number of rotatable bonds is 7. The van der Waals surface area contributed by atoms with Gasteiger partial charge >= 0.3 is 0 Å². The second-order valence-corrected chi connectivity index (χ2v) is 12.0. The van der Waals surface area contributed by atoms with E-state index >= 15 is 0 Å². The first-order valence-electron chi connectivity index (χ1n) is 12.5. The summed E-state index contributed by atoms with van der Waals surface area (Å²) in [6.07, 6.45) is 17.6. The average molecular weight is 422 g/mol. The summed E-state index contributed by atoms with van der Waals surface area (Å²) in [5.74, 6) is 5.50. The van der Waals surface area contributed by atoms with Crippen molar-refractivity contribution in [3.05, 3.63) is 0 Å². The maximum absolute atomic E-state index is 12.0. The molecule has 29 heavy (non-hydrogen) atoms. The monoisotopic (exact) mass is 421 g/mol. The van der Waals surface area contributed by atoms with E-state index in [4.69, 9.17) is 4.55 Å². The third kappa shape index (κ3) is 4.14. The lowest BCUT2D eigenvalue weighted by molar-refractivity contribution is -0.121. The molecule has 4 aliphatic rings. The molecule has 0 heterocycles. The molecule has 4 rings (SSSR count). The predicted octanol–water partition coefficient (Wildman–Crippen LogP) is 6.53. The molecule has 3 nitrogen and oxygen atoms in total. The van der Waals surface area contributed by atoms with Gasteiger partial charge in [-0.3, -0.25) is 4.79 Å². The normalized spacial score (nSPS) is 43.9. The molecule has 166 valence electrons. The van der Waals surface area contributed by atoms with Gasteiger partial charge in [-0.05, 0) is 117 Å². The Morgan fingerprint density at radius 1 is 1.00 bits per heavy atom. The lowest BCUT2D eigenvalue weighted by Gasteiger charge is -2.60. The molecule has 0 aromatic rings. The molecular weight excluding hydrogens is 378 g/mol. The molecule has 0 spiro atoms. The molecule has 4 fully saturated rings. The highest BCUT2D eigenvalue weighted by Crippen LogP contribution is 2.67. The van der Waals surface area contributed by atoms with Crippen LogP contribution in [-0.4, -0.2) is 22.8 Å². The van der Waals surface area contributed by atoms with Crippen molar-refractivity contribution in [1.29, 1.82) is 0 Å². The van der Waals surface area contributed by atoms with Crippen molar-refractivity contribution in [2.75, 3.05) is 12.3 Å². The molecule has 7 atom stereocenters. The number of nitrogens with one attached hydrogen (secondary N) is 1. The fourth-order valence-electron chi connectivity index (χ4n) is 8.71. The summed E-state index contributed by atoms with van der Waals surface area (Å²) in [5, 5.41) is 2.92. The van der Waals surface area contributed by atoms with E-state index in [1.165, 1.54) is 70.6 Å². The van der Waals surface area contributed by atoms with Crippen LogP contribution in [0.15, 0.2) is 0 Å². The molecule has 0 aromatic heterocycles. The van der Waals surface area contributed by atoms with E-state index in [2.05, 4.69) is 19.2 Å². The summed E-state index contributed by atoms with van der Waals surface area (Å²) >= 11 is 0.801. The highest BCUT2D eigenvalue weighted by atomic mass is 32.2. The van der Waals surface area contributed by atoms with Crippen molar-refractivity contribution >= 4 is 17.9 Å². The molecular formula is C25H43NO2S. The Morgan fingerprint density at radius 3 is 2.66 bits per heavy atom. The van der Waals surface area contributed by atoms with Gasteiger partial charge in [0.15, 0.2) is 0 Å². The van der Waals surface area contributed by atoms with Crippen LogP contribution in [0.5, 0.6) is 0 Å². The summed E-state index contributed by atoms with van der Waals surface area (Å²) in [6.45, 7) is 5.88. The van der Waals surface area contributed by atoms with Crippen LogP contribution in [0.3, 0.4) is 0 Å². The standard InChI is InChI=1S/C25H43NO2S/c1-24-14-4-3-6-18(24)9-11-20-21-12-10-19(25(21,2)15-13-22(20)24)7-5-8-23(27)26-16-17-29-28/h18-22,28H,3-17H2,1-2H3,(H,26,27). The third-order valence-electron chi connectivity index (χ3n) is 10.3. The van der Waals surface area contributed by atoms with E-state index in [-0.39, 0.29) is 5.91 Å². The van der Waals surface area contributed by atoms with E-state index < -0.39 is 0 Å². The molecule has 7 unspecified atom stereocenters. The number of amides is 1.